The van der Waals surface area contributed by atoms with Gasteiger partial charge in [0.25, 0.3) is 0 Å². The SMILES string of the molecule is CCCCCCCCCCCN=NC1(O)CCCCCCCCCCC1. The lowest BCUT2D eigenvalue weighted by Gasteiger charge is -2.23. The Morgan fingerprint density at radius 2 is 1.04 bits per heavy atom. The van der Waals surface area contributed by atoms with Crippen LogP contribution in [0.5, 0.6) is 0 Å². The van der Waals surface area contributed by atoms with Crippen LogP contribution in [-0.2, 0) is 0 Å². The fraction of sp³-hybridized carbons (Fsp3) is 1.00. The van der Waals surface area contributed by atoms with Gasteiger partial charge in [-0.05, 0) is 32.1 Å². The number of hydrogen-bond acceptors (Lipinski definition) is 3. The van der Waals surface area contributed by atoms with Crippen LogP contribution in [0.3, 0.4) is 0 Å². The molecule has 1 aliphatic rings. The van der Waals surface area contributed by atoms with E-state index in [4.69, 9.17) is 0 Å². The van der Waals surface area contributed by atoms with E-state index in [1.54, 1.807) is 0 Å². The average molecular weight is 367 g/mol. The van der Waals surface area contributed by atoms with Crippen molar-refractivity contribution < 1.29 is 5.11 Å². The van der Waals surface area contributed by atoms with Gasteiger partial charge in [-0.3, -0.25) is 0 Å². The zero-order valence-corrected chi connectivity index (χ0v) is 17.7. The summed E-state index contributed by atoms with van der Waals surface area (Å²) in [5.74, 6) is 0. The molecule has 1 aliphatic carbocycles. The molecule has 1 rings (SSSR count). The van der Waals surface area contributed by atoms with Crippen LogP contribution in [-0.4, -0.2) is 17.4 Å². The zero-order chi connectivity index (χ0) is 18.8. The molecule has 0 aromatic rings. The van der Waals surface area contributed by atoms with Gasteiger partial charge in [0.15, 0.2) is 5.72 Å². The third kappa shape index (κ3) is 13.7. The lowest BCUT2D eigenvalue weighted by atomic mass is 9.96. The molecule has 0 atom stereocenters. The number of azo groups is 1. The molecule has 1 N–H and O–H groups in total. The van der Waals surface area contributed by atoms with E-state index in [0.29, 0.717) is 0 Å². The summed E-state index contributed by atoms with van der Waals surface area (Å²) in [6.07, 6.45) is 25.0. The second-order valence-corrected chi connectivity index (χ2v) is 8.46. The average Bonchev–Trinajstić information content (AvgIpc) is 2.63. The first-order valence-electron chi connectivity index (χ1n) is 11.9. The summed E-state index contributed by atoms with van der Waals surface area (Å²) >= 11 is 0. The molecule has 0 heterocycles. The van der Waals surface area contributed by atoms with Crippen LogP contribution in [0.15, 0.2) is 10.2 Å². The Labute approximate surface area is 163 Å². The first kappa shape index (κ1) is 23.6. The fourth-order valence-corrected chi connectivity index (χ4v) is 3.95. The highest BCUT2D eigenvalue weighted by atomic mass is 16.3. The van der Waals surface area contributed by atoms with Gasteiger partial charge in [0.05, 0.1) is 6.54 Å². The second kappa shape index (κ2) is 16.7. The Bertz CT molecular complexity index is 318. The van der Waals surface area contributed by atoms with E-state index >= 15 is 0 Å². The van der Waals surface area contributed by atoms with Crippen molar-refractivity contribution in [1.29, 1.82) is 0 Å². The van der Waals surface area contributed by atoms with Crippen molar-refractivity contribution >= 4 is 0 Å². The van der Waals surface area contributed by atoms with Gasteiger partial charge in [-0.2, -0.15) is 10.2 Å². The zero-order valence-electron chi connectivity index (χ0n) is 17.7. The molecule has 0 saturated heterocycles. The van der Waals surface area contributed by atoms with E-state index in [0.717, 1.165) is 38.6 Å². The second-order valence-electron chi connectivity index (χ2n) is 8.46. The molecule has 0 bridgehead atoms. The van der Waals surface area contributed by atoms with Crippen LogP contribution in [0.4, 0.5) is 0 Å². The van der Waals surface area contributed by atoms with Crippen LogP contribution < -0.4 is 0 Å². The maximum Gasteiger partial charge on any atom is 0.176 e. The number of hydrogen-bond donors (Lipinski definition) is 1. The van der Waals surface area contributed by atoms with Crippen LogP contribution in [0.25, 0.3) is 0 Å². The minimum Gasteiger partial charge on any atom is -0.368 e. The van der Waals surface area contributed by atoms with Gasteiger partial charge < -0.3 is 5.11 Å². The number of rotatable bonds is 11. The summed E-state index contributed by atoms with van der Waals surface area (Å²) < 4.78 is 0. The summed E-state index contributed by atoms with van der Waals surface area (Å²) in [5.41, 5.74) is -0.877. The predicted octanol–water partition coefficient (Wildman–Crippen LogP) is 7.96. The van der Waals surface area contributed by atoms with Crippen molar-refractivity contribution in [2.24, 2.45) is 10.2 Å². The lowest BCUT2D eigenvalue weighted by Crippen LogP contribution is -2.25. The molecular weight excluding hydrogens is 320 g/mol. The normalized spacial score (nSPS) is 19.9. The molecule has 1 fully saturated rings. The van der Waals surface area contributed by atoms with Crippen molar-refractivity contribution in [2.75, 3.05) is 6.54 Å². The van der Waals surface area contributed by atoms with Crippen molar-refractivity contribution in [2.45, 2.75) is 141 Å². The minimum absolute atomic E-state index is 0.790. The Balaban J connectivity index is 2.13. The highest BCUT2D eigenvalue weighted by Gasteiger charge is 2.25. The largest absolute Gasteiger partial charge is 0.368 e. The van der Waals surface area contributed by atoms with Gasteiger partial charge in [0.2, 0.25) is 0 Å². The summed E-state index contributed by atoms with van der Waals surface area (Å²) in [7, 11) is 0. The number of nitrogens with zero attached hydrogens (tertiary/aromatic N) is 2. The summed E-state index contributed by atoms with van der Waals surface area (Å²) in [4.78, 5) is 0. The molecule has 1 saturated carbocycles. The molecule has 0 radical (unpaired) electrons. The Kier molecular flexibility index (Phi) is 15.2. The molecular formula is C23H46N2O. The van der Waals surface area contributed by atoms with Gasteiger partial charge in [0.1, 0.15) is 0 Å². The van der Waals surface area contributed by atoms with Crippen molar-refractivity contribution in [3.8, 4) is 0 Å². The third-order valence-electron chi connectivity index (χ3n) is 5.77. The topological polar surface area (TPSA) is 45.0 Å². The van der Waals surface area contributed by atoms with E-state index in [1.807, 2.05) is 0 Å². The summed E-state index contributed by atoms with van der Waals surface area (Å²) in [6, 6.07) is 0. The lowest BCUT2D eigenvalue weighted by molar-refractivity contribution is 0.0184. The molecule has 3 nitrogen and oxygen atoms in total. The van der Waals surface area contributed by atoms with Crippen LogP contribution in [0, 0.1) is 0 Å². The van der Waals surface area contributed by atoms with Crippen molar-refractivity contribution in [3.05, 3.63) is 0 Å². The van der Waals surface area contributed by atoms with Gasteiger partial charge in [0, 0.05) is 0 Å². The van der Waals surface area contributed by atoms with Crippen LogP contribution >= 0.6 is 0 Å². The van der Waals surface area contributed by atoms with Crippen molar-refractivity contribution in [1.82, 2.24) is 0 Å². The number of unbranched alkanes of at least 4 members (excludes halogenated alkanes) is 8. The highest BCUT2D eigenvalue weighted by molar-refractivity contribution is 4.74. The minimum atomic E-state index is -0.877. The summed E-state index contributed by atoms with van der Waals surface area (Å²) in [5, 5.41) is 19.6. The first-order valence-corrected chi connectivity index (χ1v) is 11.9. The molecule has 0 unspecified atom stereocenters. The van der Waals surface area contributed by atoms with Crippen molar-refractivity contribution in [3.63, 3.8) is 0 Å². The Morgan fingerprint density at radius 1 is 0.615 bits per heavy atom. The van der Waals surface area contributed by atoms with E-state index < -0.39 is 5.72 Å². The Hall–Kier alpha value is -0.440. The molecule has 3 heteroatoms. The van der Waals surface area contributed by atoms with Gasteiger partial charge >= 0.3 is 0 Å². The van der Waals surface area contributed by atoms with Gasteiger partial charge in [-0.1, -0.05) is 103 Å². The first-order chi connectivity index (χ1) is 12.8. The van der Waals surface area contributed by atoms with Crippen LogP contribution in [0.1, 0.15) is 135 Å². The number of aliphatic hydroxyl groups is 1. The molecule has 0 aromatic heterocycles. The smallest absolute Gasteiger partial charge is 0.176 e. The molecule has 0 amide bonds. The van der Waals surface area contributed by atoms with Crippen LogP contribution in [0.2, 0.25) is 0 Å². The molecule has 26 heavy (non-hydrogen) atoms. The molecule has 0 spiro atoms. The van der Waals surface area contributed by atoms with E-state index in [9.17, 15) is 5.11 Å². The third-order valence-corrected chi connectivity index (χ3v) is 5.77. The molecule has 0 aromatic carbocycles. The van der Waals surface area contributed by atoms with E-state index in [2.05, 4.69) is 17.2 Å². The monoisotopic (exact) mass is 366 g/mol. The molecule has 154 valence electrons. The van der Waals surface area contributed by atoms with Gasteiger partial charge in [-0.15, -0.1) is 0 Å². The van der Waals surface area contributed by atoms with Gasteiger partial charge in [-0.25, -0.2) is 0 Å². The van der Waals surface area contributed by atoms with E-state index in [1.165, 1.54) is 96.3 Å². The standard InChI is InChI=1S/C23H46N2O/c1-2-3-4-5-6-10-13-16-19-22-24-25-23(26)20-17-14-11-8-7-9-12-15-18-21-23/h26H,2-22H2,1H3. The molecule has 0 aliphatic heterocycles. The predicted molar refractivity (Wildman–Crippen MR) is 113 cm³/mol. The van der Waals surface area contributed by atoms with E-state index in [-0.39, 0.29) is 0 Å². The maximum absolute atomic E-state index is 10.8. The maximum atomic E-state index is 10.8. The Morgan fingerprint density at radius 3 is 1.54 bits per heavy atom. The fourth-order valence-electron chi connectivity index (χ4n) is 3.95. The highest BCUT2D eigenvalue weighted by Crippen LogP contribution is 2.26. The quantitative estimate of drug-likeness (QED) is 0.292. The summed E-state index contributed by atoms with van der Waals surface area (Å²) in [6.45, 7) is 3.06.